The Morgan fingerprint density at radius 3 is 2.37 bits per heavy atom. The number of nitrogens with zero attached hydrogens (tertiary/aromatic N) is 1. The standard InChI is InChI=1S/C14H31N3O.HI/c1-4-7-9-13(8-5-2)12-17-14(15-6-3)16-10-11-18;/h13,18H,4-12H2,1-3H3,(H2,15,16,17);1H. The summed E-state index contributed by atoms with van der Waals surface area (Å²) in [6.07, 6.45) is 6.30. The quantitative estimate of drug-likeness (QED) is 0.308. The van der Waals surface area contributed by atoms with Crippen LogP contribution in [0.3, 0.4) is 0 Å². The Hall–Kier alpha value is -0.0400. The molecule has 3 N–H and O–H groups in total. The molecule has 1 unspecified atom stereocenters. The molecule has 0 aromatic heterocycles. The molecule has 0 rings (SSSR count). The lowest BCUT2D eigenvalue weighted by atomic mass is 9.97. The van der Waals surface area contributed by atoms with Crippen molar-refractivity contribution in [1.29, 1.82) is 0 Å². The Bertz CT molecular complexity index is 213. The van der Waals surface area contributed by atoms with Crippen molar-refractivity contribution >= 4 is 29.9 Å². The van der Waals surface area contributed by atoms with Gasteiger partial charge in [0, 0.05) is 19.6 Å². The molecule has 0 saturated carbocycles. The highest BCUT2D eigenvalue weighted by molar-refractivity contribution is 14.0. The molecule has 0 spiro atoms. The molecule has 1 atom stereocenters. The average molecular weight is 385 g/mol. The summed E-state index contributed by atoms with van der Waals surface area (Å²) in [6.45, 7) is 8.95. The number of hydrogen-bond donors (Lipinski definition) is 3. The summed E-state index contributed by atoms with van der Waals surface area (Å²) in [5.74, 6) is 1.52. The molecule has 0 heterocycles. The van der Waals surface area contributed by atoms with Crippen molar-refractivity contribution < 1.29 is 5.11 Å². The summed E-state index contributed by atoms with van der Waals surface area (Å²) in [5.41, 5.74) is 0. The zero-order valence-electron chi connectivity index (χ0n) is 12.7. The van der Waals surface area contributed by atoms with E-state index in [2.05, 4.69) is 36.4 Å². The third-order valence-corrected chi connectivity index (χ3v) is 2.92. The number of halogens is 1. The fourth-order valence-corrected chi connectivity index (χ4v) is 1.96. The normalized spacial score (nSPS) is 12.7. The summed E-state index contributed by atoms with van der Waals surface area (Å²) in [6, 6.07) is 0. The Kier molecular flexibility index (Phi) is 17.9. The van der Waals surface area contributed by atoms with E-state index >= 15 is 0 Å². The van der Waals surface area contributed by atoms with Crippen LogP contribution in [-0.4, -0.2) is 37.3 Å². The van der Waals surface area contributed by atoms with Crippen LogP contribution in [0, 0.1) is 5.92 Å². The van der Waals surface area contributed by atoms with Crippen molar-refractivity contribution in [2.45, 2.75) is 52.9 Å². The van der Waals surface area contributed by atoms with Gasteiger partial charge in [0.1, 0.15) is 0 Å². The molecule has 0 saturated heterocycles. The third-order valence-electron chi connectivity index (χ3n) is 2.92. The second kappa shape index (κ2) is 16.0. The molecule has 0 aliphatic carbocycles. The Labute approximate surface area is 135 Å². The zero-order chi connectivity index (χ0) is 13.6. The molecule has 5 heteroatoms. The predicted octanol–water partition coefficient (Wildman–Crippen LogP) is 2.76. The molecule has 0 aromatic carbocycles. The van der Waals surface area contributed by atoms with E-state index < -0.39 is 0 Å². The molecule has 0 amide bonds. The number of nitrogens with one attached hydrogen (secondary N) is 2. The number of aliphatic hydroxyl groups excluding tert-OH is 1. The highest BCUT2D eigenvalue weighted by Gasteiger charge is 2.07. The lowest BCUT2D eigenvalue weighted by Gasteiger charge is -2.15. The summed E-state index contributed by atoms with van der Waals surface area (Å²) < 4.78 is 0. The number of aliphatic hydroxyl groups is 1. The van der Waals surface area contributed by atoms with Crippen LogP contribution < -0.4 is 10.6 Å². The van der Waals surface area contributed by atoms with Crippen molar-refractivity contribution in [2.75, 3.05) is 26.2 Å². The monoisotopic (exact) mass is 385 g/mol. The Morgan fingerprint density at radius 1 is 1.11 bits per heavy atom. The molecule has 19 heavy (non-hydrogen) atoms. The van der Waals surface area contributed by atoms with Crippen LogP contribution in [0.5, 0.6) is 0 Å². The Morgan fingerprint density at radius 2 is 1.84 bits per heavy atom. The van der Waals surface area contributed by atoms with Gasteiger partial charge in [0.2, 0.25) is 0 Å². The molecule has 0 bridgehead atoms. The largest absolute Gasteiger partial charge is 0.395 e. The van der Waals surface area contributed by atoms with E-state index in [0.717, 1.165) is 19.0 Å². The van der Waals surface area contributed by atoms with Crippen molar-refractivity contribution in [3.63, 3.8) is 0 Å². The molecule has 0 radical (unpaired) electrons. The van der Waals surface area contributed by atoms with Gasteiger partial charge in [-0.05, 0) is 25.7 Å². The van der Waals surface area contributed by atoms with Crippen LogP contribution in [-0.2, 0) is 0 Å². The van der Waals surface area contributed by atoms with Crippen molar-refractivity contribution in [3.8, 4) is 0 Å². The maximum Gasteiger partial charge on any atom is 0.191 e. The van der Waals surface area contributed by atoms with Crippen molar-refractivity contribution in [3.05, 3.63) is 0 Å². The minimum Gasteiger partial charge on any atom is -0.395 e. The van der Waals surface area contributed by atoms with Gasteiger partial charge < -0.3 is 15.7 Å². The highest BCUT2D eigenvalue weighted by atomic mass is 127. The molecule has 0 aromatic rings. The molecular weight excluding hydrogens is 353 g/mol. The van der Waals surface area contributed by atoms with Gasteiger partial charge in [0.15, 0.2) is 5.96 Å². The Balaban J connectivity index is 0. The predicted molar refractivity (Wildman–Crippen MR) is 94.4 cm³/mol. The minimum atomic E-state index is 0. The zero-order valence-corrected chi connectivity index (χ0v) is 15.1. The molecule has 0 aliphatic rings. The number of hydrogen-bond acceptors (Lipinski definition) is 2. The first-order valence-electron chi connectivity index (χ1n) is 7.41. The smallest absolute Gasteiger partial charge is 0.191 e. The lowest BCUT2D eigenvalue weighted by Crippen LogP contribution is -2.39. The molecule has 4 nitrogen and oxygen atoms in total. The third kappa shape index (κ3) is 12.7. The van der Waals surface area contributed by atoms with Gasteiger partial charge in [-0.25, -0.2) is 0 Å². The van der Waals surface area contributed by atoms with Crippen LogP contribution in [0.15, 0.2) is 4.99 Å². The first-order valence-corrected chi connectivity index (χ1v) is 7.41. The summed E-state index contributed by atoms with van der Waals surface area (Å²) >= 11 is 0. The number of aliphatic imine (C=N–C) groups is 1. The van der Waals surface area contributed by atoms with Gasteiger partial charge in [-0.2, -0.15) is 0 Å². The van der Waals surface area contributed by atoms with Gasteiger partial charge in [-0.1, -0.05) is 33.1 Å². The fourth-order valence-electron chi connectivity index (χ4n) is 1.96. The maximum atomic E-state index is 8.82. The van der Waals surface area contributed by atoms with E-state index in [4.69, 9.17) is 5.11 Å². The molecule has 0 aliphatic heterocycles. The van der Waals surface area contributed by atoms with Crippen LogP contribution in [0.2, 0.25) is 0 Å². The van der Waals surface area contributed by atoms with Gasteiger partial charge in [-0.3, -0.25) is 4.99 Å². The lowest BCUT2D eigenvalue weighted by molar-refractivity contribution is 0.300. The fraction of sp³-hybridized carbons (Fsp3) is 0.929. The van der Waals surface area contributed by atoms with Crippen LogP contribution >= 0.6 is 24.0 Å². The van der Waals surface area contributed by atoms with Crippen LogP contribution in [0.25, 0.3) is 0 Å². The van der Waals surface area contributed by atoms with E-state index in [1.165, 1.54) is 32.1 Å². The van der Waals surface area contributed by atoms with E-state index in [0.29, 0.717) is 12.5 Å². The van der Waals surface area contributed by atoms with Gasteiger partial charge in [-0.15, -0.1) is 24.0 Å². The minimum absolute atomic E-state index is 0. The van der Waals surface area contributed by atoms with E-state index in [9.17, 15) is 0 Å². The summed E-state index contributed by atoms with van der Waals surface area (Å²) in [5, 5.41) is 15.1. The number of rotatable bonds is 10. The van der Waals surface area contributed by atoms with Gasteiger partial charge in [0.25, 0.3) is 0 Å². The summed E-state index contributed by atoms with van der Waals surface area (Å²) in [4.78, 5) is 4.61. The van der Waals surface area contributed by atoms with E-state index in [1.807, 2.05) is 0 Å². The van der Waals surface area contributed by atoms with Gasteiger partial charge >= 0.3 is 0 Å². The van der Waals surface area contributed by atoms with E-state index in [1.54, 1.807) is 0 Å². The number of guanidine groups is 1. The highest BCUT2D eigenvalue weighted by Crippen LogP contribution is 2.15. The van der Waals surface area contributed by atoms with Crippen LogP contribution in [0.4, 0.5) is 0 Å². The van der Waals surface area contributed by atoms with Crippen LogP contribution in [0.1, 0.15) is 52.9 Å². The topological polar surface area (TPSA) is 56.7 Å². The van der Waals surface area contributed by atoms with Crippen molar-refractivity contribution in [1.82, 2.24) is 10.6 Å². The number of unbranched alkanes of at least 4 members (excludes halogenated alkanes) is 1. The average Bonchev–Trinajstić information content (AvgIpc) is 2.38. The van der Waals surface area contributed by atoms with Gasteiger partial charge in [0.05, 0.1) is 6.61 Å². The maximum absolute atomic E-state index is 8.82. The first-order chi connectivity index (χ1) is 8.78. The second-order valence-electron chi connectivity index (χ2n) is 4.67. The molecule has 0 fully saturated rings. The van der Waals surface area contributed by atoms with Crippen molar-refractivity contribution in [2.24, 2.45) is 10.9 Å². The van der Waals surface area contributed by atoms with E-state index in [-0.39, 0.29) is 30.6 Å². The SMILES string of the molecule is CCCCC(CCC)CN=C(NCC)NCCO.I. The second-order valence-corrected chi connectivity index (χ2v) is 4.67. The first kappa shape index (κ1) is 21.3. The molecular formula is C14H32IN3O. The summed E-state index contributed by atoms with van der Waals surface area (Å²) in [7, 11) is 0. The molecule has 116 valence electrons.